The standard InChI is InChI=1S/C15H22N2/c16-10-14-5-1-12(2-6-14)9-13-3-7-15(11-17)8-4-13/h12-15H,1-9H2/t12-,13-,14-,15+. The first-order valence-electron chi connectivity index (χ1n) is 7.11. The van der Waals surface area contributed by atoms with E-state index in [0.29, 0.717) is 11.8 Å². The molecule has 0 saturated heterocycles. The summed E-state index contributed by atoms with van der Waals surface area (Å²) >= 11 is 0. The summed E-state index contributed by atoms with van der Waals surface area (Å²) in [5.74, 6) is 2.40. The van der Waals surface area contributed by atoms with Gasteiger partial charge in [-0.3, -0.25) is 0 Å². The predicted molar refractivity (Wildman–Crippen MR) is 66.7 cm³/mol. The van der Waals surface area contributed by atoms with E-state index < -0.39 is 0 Å². The van der Waals surface area contributed by atoms with Gasteiger partial charge in [0.2, 0.25) is 0 Å². The highest BCUT2D eigenvalue weighted by Gasteiger charge is 2.26. The summed E-state index contributed by atoms with van der Waals surface area (Å²) in [6, 6.07) is 4.81. The number of nitriles is 2. The van der Waals surface area contributed by atoms with Crippen molar-refractivity contribution in [3.8, 4) is 12.1 Å². The highest BCUT2D eigenvalue weighted by molar-refractivity contribution is 4.90. The zero-order chi connectivity index (χ0) is 12.1. The molecule has 0 N–H and O–H groups in total. The van der Waals surface area contributed by atoms with Crippen molar-refractivity contribution in [3.05, 3.63) is 0 Å². The molecule has 2 aliphatic carbocycles. The molecule has 2 rings (SSSR count). The van der Waals surface area contributed by atoms with Crippen LogP contribution in [-0.2, 0) is 0 Å². The average molecular weight is 230 g/mol. The van der Waals surface area contributed by atoms with Gasteiger partial charge in [-0.1, -0.05) is 0 Å². The molecule has 0 bridgehead atoms. The Morgan fingerprint density at radius 3 is 1.29 bits per heavy atom. The fraction of sp³-hybridized carbons (Fsp3) is 0.867. The van der Waals surface area contributed by atoms with Crippen molar-refractivity contribution in [2.75, 3.05) is 0 Å². The van der Waals surface area contributed by atoms with E-state index in [1.165, 1.54) is 32.1 Å². The molecule has 0 aromatic rings. The van der Waals surface area contributed by atoms with Crippen LogP contribution in [0.5, 0.6) is 0 Å². The lowest BCUT2D eigenvalue weighted by molar-refractivity contribution is 0.216. The lowest BCUT2D eigenvalue weighted by atomic mass is 9.74. The normalized spacial score (nSPS) is 38.0. The molecule has 0 unspecified atom stereocenters. The monoisotopic (exact) mass is 230 g/mol. The van der Waals surface area contributed by atoms with Crippen molar-refractivity contribution < 1.29 is 0 Å². The van der Waals surface area contributed by atoms with Gasteiger partial charge in [0.15, 0.2) is 0 Å². The zero-order valence-corrected chi connectivity index (χ0v) is 10.6. The van der Waals surface area contributed by atoms with Crippen LogP contribution >= 0.6 is 0 Å². The van der Waals surface area contributed by atoms with Gasteiger partial charge in [0, 0.05) is 11.8 Å². The summed E-state index contributed by atoms with van der Waals surface area (Å²) in [4.78, 5) is 0. The minimum absolute atomic E-state index is 0.334. The molecule has 0 aromatic heterocycles. The summed E-state index contributed by atoms with van der Waals surface area (Å²) in [5, 5.41) is 17.7. The topological polar surface area (TPSA) is 47.6 Å². The molecule has 92 valence electrons. The summed E-state index contributed by atoms with van der Waals surface area (Å²) in [5.41, 5.74) is 0. The van der Waals surface area contributed by atoms with Gasteiger partial charge in [-0.25, -0.2) is 0 Å². The number of nitrogens with zero attached hydrogens (tertiary/aromatic N) is 2. The Morgan fingerprint density at radius 1 is 0.647 bits per heavy atom. The molecule has 2 aliphatic rings. The predicted octanol–water partition coefficient (Wildman–Crippen LogP) is 4.04. The van der Waals surface area contributed by atoms with Crippen LogP contribution in [0.15, 0.2) is 0 Å². The second kappa shape index (κ2) is 6.06. The molecule has 2 heteroatoms. The van der Waals surface area contributed by atoms with Crippen LogP contribution < -0.4 is 0 Å². The molecular weight excluding hydrogens is 208 g/mol. The van der Waals surface area contributed by atoms with Crippen molar-refractivity contribution in [2.24, 2.45) is 23.7 Å². The van der Waals surface area contributed by atoms with Crippen LogP contribution in [0, 0.1) is 46.3 Å². The minimum Gasteiger partial charge on any atom is -0.198 e. The van der Waals surface area contributed by atoms with E-state index in [9.17, 15) is 0 Å². The average Bonchev–Trinajstić information content (AvgIpc) is 2.40. The first-order chi connectivity index (χ1) is 8.31. The van der Waals surface area contributed by atoms with Crippen molar-refractivity contribution in [2.45, 2.75) is 57.8 Å². The lowest BCUT2D eigenvalue weighted by Gasteiger charge is -2.31. The van der Waals surface area contributed by atoms with Crippen LogP contribution in [0.2, 0.25) is 0 Å². The van der Waals surface area contributed by atoms with E-state index in [4.69, 9.17) is 10.5 Å². The third-order valence-corrected chi connectivity index (χ3v) is 4.73. The third-order valence-electron chi connectivity index (χ3n) is 4.73. The first kappa shape index (κ1) is 12.4. The van der Waals surface area contributed by atoms with Gasteiger partial charge in [-0.15, -0.1) is 0 Å². The molecule has 0 aliphatic heterocycles. The SMILES string of the molecule is N#C[C@H]1CC[C@H](C[C@H]2CC[C@@H](C#N)CC2)CC1. The van der Waals surface area contributed by atoms with E-state index in [-0.39, 0.29) is 0 Å². The van der Waals surface area contributed by atoms with Gasteiger partial charge in [-0.2, -0.15) is 10.5 Å². The van der Waals surface area contributed by atoms with Crippen LogP contribution in [0.3, 0.4) is 0 Å². The number of hydrogen-bond acceptors (Lipinski definition) is 2. The van der Waals surface area contributed by atoms with Gasteiger partial charge in [-0.05, 0) is 69.6 Å². The smallest absolute Gasteiger partial charge is 0.0655 e. The molecule has 2 fully saturated rings. The molecule has 0 aromatic carbocycles. The Balaban J connectivity index is 1.69. The fourth-order valence-electron chi connectivity index (χ4n) is 3.53. The number of rotatable bonds is 2. The second-order valence-corrected chi connectivity index (χ2v) is 5.93. The Bertz CT molecular complexity index is 275. The van der Waals surface area contributed by atoms with E-state index in [1.54, 1.807) is 0 Å². The third kappa shape index (κ3) is 3.47. The van der Waals surface area contributed by atoms with E-state index >= 15 is 0 Å². The molecule has 2 nitrogen and oxygen atoms in total. The van der Waals surface area contributed by atoms with Gasteiger partial charge in [0.1, 0.15) is 0 Å². The molecule has 0 spiro atoms. The number of hydrogen-bond donors (Lipinski definition) is 0. The highest BCUT2D eigenvalue weighted by atomic mass is 14.3. The zero-order valence-electron chi connectivity index (χ0n) is 10.6. The first-order valence-corrected chi connectivity index (χ1v) is 7.11. The van der Waals surface area contributed by atoms with Crippen molar-refractivity contribution in [3.63, 3.8) is 0 Å². The molecule has 0 atom stereocenters. The van der Waals surface area contributed by atoms with E-state index in [0.717, 1.165) is 37.5 Å². The van der Waals surface area contributed by atoms with Crippen molar-refractivity contribution in [1.29, 1.82) is 10.5 Å². The van der Waals surface area contributed by atoms with Crippen LogP contribution in [0.4, 0.5) is 0 Å². The second-order valence-electron chi connectivity index (χ2n) is 5.93. The maximum atomic E-state index is 8.87. The van der Waals surface area contributed by atoms with Gasteiger partial charge in [0.25, 0.3) is 0 Å². The Labute approximate surface area is 105 Å². The Hall–Kier alpha value is -1.02. The van der Waals surface area contributed by atoms with Crippen molar-refractivity contribution in [1.82, 2.24) is 0 Å². The van der Waals surface area contributed by atoms with Gasteiger partial charge < -0.3 is 0 Å². The summed E-state index contributed by atoms with van der Waals surface area (Å²) in [6.45, 7) is 0. The maximum absolute atomic E-state index is 8.87. The molecule has 2 saturated carbocycles. The van der Waals surface area contributed by atoms with Crippen LogP contribution in [0.25, 0.3) is 0 Å². The van der Waals surface area contributed by atoms with Crippen LogP contribution in [0.1, 0.15) is 57.8 Å². The molecular formula is C15H22N2. The summed E-state index contributed by atoms with van der Waals surface area (Å²) < 4.78 is 0. The molecule has 0 amide bonds. The lowest BCUT2D eigenvalue weighted by Crippen LogP contribution is -2.20. The van der Waals surface area contributed by atoms with Crippen molar-refractivity contribution >= 4 is 0 Å². The molecule has 0 radical (unpaired) electrons. The summed E-state index contributed by atoms with van der Waals surface area (Å²) in [6.07, 6.45) is 10.9. The largest absolute Gasteiger partial charge is 0.198 e. The highest BCUT2D eigenvalue weighted by Crippen LogP contribution is 2.37. The quantitative estimate of drug-likeness (QED) is 0.718. The summed E-state index contributed by atoms with van der Waals surface area (Å²) in [7, 11) is 0. The van der Waals surface area contributed by atoms with E-state index in [1.807, 2.05) is 0 Å². The maximum Gasteiger partial charge on any atom is 0.0655 e. The van der Waals surface area contributed by atoms with Gasteiger partial charge >= 0.3 is 0 Å². The minimum atomic E-state index is 0.334. The van der Waals surface area contributed by atoms with E-state index in [2.05, 4.69) is 12.1 Å². The van der Waals surface area contributed by atoms with Gasteiger partial charge in [0.05, 0.1) is 12.1 Å². The van der Waals surface area contributed by atoms with Crippen LogP contribution in [-0.4, -0.2) is 0 Å². The molecule has 17 heavy (non-hydrogen) atoms. The Kier molecular flexibility index (Phi) is 4.43. The fourth-order valence-corrected chi connectivity index (χ4v) is 3.53. The molecule has 0 heterocycles. The Morgan fingerprint density at radius 2 is 1.00 bits per heavy atom.